The van der Waals surface area contributed by atoms with Crippen LogP contribution in [0.4, 0.5) is 0 Å². The molecule has 1 heterocycles. The number of aromatic amines is 1. The van der Waals surface area contributed by atoms with Crippen molar-refractivity contribution in [1.82, 2.24) is 10.3 Å². The molecular weight excluding hydrogens is 230 g/mol. The molecule has 0 aliphatic carbocycles. The predicted octanol–water partition coefficient (Wildman–Crippen LogP) is 1.17. The number of amides is 1. The van der Waals surface area contributed by atoms with E-state index in [9.17, 15) is 4.79 Å². The number of H-pyrrole nitrogens is 1. The van der Waals surface area contributed by atoms with Crippen LogP contribution in [-0.2, 0) is 0 Å². The van der Waals surface area contributed by atoms with Gasteiger partial charge < -0.3 is 20.8 Å². The summed E-state index contributed by atoms with van der Waals surface area (Å²) in [5.74, 6) is 0.559. The van der Waals surface area contributed by atoms with Crippen LogP contribution in [0.5, 0.6) is 5.75 Å². The summed E-state index contributed by atoms with van der Waals surface area (Å²) >= 11 is 0. The summed E-state index contributed by atoms with van der Waals surface area (Å²) in [7, 11) is 1.60. The first-order valence-corrected chi connectivity index (χ1v) is 5.82. The Morgan fingerprint density at radius 1 is 1.50 bits per heavy atom. The Hall–Kier alpha value is -2.01. The van der Waals surface area contributed by atoms with E-state index in [1.807, 2.05) is 25.1 Å². The molecule has 96 valence electrons. The van der Waals surface area contributed by atoms with Gasteiger partial charge in [0.25, 0.3) is 5.91 Å². The number of carbonyl (C=O) groups excluding carboxylic acids is 1. The van der Waals surface area contributed by atoms with Crippen molar-refractivity contribution in [1.29, 1.82) is 0 Å². The Kier molecular flexibility index (Phi) is 3.53. The van der Waals surface area contributed by atoms with Gasteiger partial charge in [-0.25, -0.2) is 0 Å². The van der Waals surface area contributed by atoms with Crippen molar-refractivity contribution in [2.75, 3.05) is 20.2 Å². The fraction of sp³-hybridized carbons (Fsp3) is 0.308. The van der Waals surface area contributed by atoms with Crippen LogP contribution in [0, 0.1) is 6.92 Å². The lowest BCUT2D eigenvalue weighted by Gasteiger charge is -2.06. The van der Waals surface area contributed by atoms with Crippen molar-refractivity contribution in [3.05, 3.63) is 29.5 Å². The number of rotatable bonds is 4. The number of nitrogens with two attached hydrogens (primary N) is 1. The molecule has 5 nitrogen and oxygen atoms in total. The van der Waals surface area contributed by atoms with Gasteiger partial charge in [-0.05, 0) is 19.1 Å². The van der Waals surface area contributed by atoms with Crippen LogP contribution < -0.4 is 15.8 Å². The number of benzene rings is 1. The highest BCUT2D eigenvalue weighted by Crippen LogP contribution is 2.30. The van der Waals surface area contributed by atoms with Crippen LogP contribution in [0.1, 0.15) is 16.1 Å². The SMILES string of the molecule is COc1cccc2[nH]c(C)c(C(=O)NCCN)c12. The van der Waals surface area contributed by atoms with Gasteiger partial charge in [0.1, 0.15) is 5.75 Å². The highest BCUT2D eigenvalue weighted by atomic mass is 16.5. The summed E-state index contributed by atoms with van der Waals surface area (Å²) in [6, 6.07) is 5.65. The zero-order valence-corrected chi connectivity index (χ0v) is 10.5. The first-order chi connectivity index (χ1) is 8.69. The molecule has 2 aromatic rings. The minimum absolute atomic E-state index is 0.131. The van der Waals surface area contributed by atoms with Gasteiger partial charge in [0, 0.05) is 18.8 Å². The van der Waals surface area contributed by atoms with Crippen molar-refractivity contribution >= 4 is 16.8 Å². The number of aryl methyl sites for hydroxylation is 1. The second-order valence-electron chi connectivity index (χ2n) is 4.05. The Morgan fingerprint density at radius 2 is 2.28 bits per heavy atom. The highest BCUT2D eigenvalue weighted by Gasteiger charge is 2.18. The molecule has 0 aliphatic heterocycles. The monoisotopic (exact) mass is 247 g/mol. The maximum absolute atomic E-state index is 12.1. The standard InChI is InChI=1S/C13H17N3O2/c1-8-11(13(17)15-7-6-14)12-9(16-8)4-3-5-10(12)18-2/h3-5,16H,6-7,14H2,1-2H3,(H,15,17). The van der Waals surface area contributed by atoms with Crippen molar-refractivity contribution in [3.63, 3.8) is 0 Å². The second kappa shape index (κ2) is 5.10. The first-order valence-electron chi connectivity index (χ1n) is 5.82. The molecule has 0 fully saturated rings. The Balaban J connectivity index is 2.55. The third-order valence-electron chi connectivity index (χ3n) is 2.85. The zero-order chi connectivity index (χ0) is 13.1. The van der Waals surface area contributed by atoms with Gasteiger partial charge in [-0.3, -0.25) is 4.79 Å². The van der Waals surface area contributed by atoms with E-state index in [1.54, 1.807) is 7.11 Å². The molecule has 5 heteroatoms. The highest BCUT2D eigenvalue weighted by molar-refractivity contribution is 6.10. The van der Waals surface area contributed by atoms with Gasteiger partial charge in [-0.1, -0.05) is 6.07 Å². The van der Waals surface area contributed by atoms with Crippen LogP contribution in [-0.4, -0.2) is 31.1 Å². The molecular formula is C13H17N3O2. The minimum Gasteiger partial charge on any atom is -0.496 e. The molecule has 0 unspecified atom stereocenters. The third kappa shape index (κ3) is 2.04. The number of ether oxygens (including phenoxy) is 1. The Morgan fingerprint density at radius 3 is 2.94 bits per heavy atom. The number of hydrogen-bond donors (Lipinski definition) is 3. The molecule has 1 amide bonds. The largest absolute Gasteiger partial charge is 0.496 e. The zero-order valence-electron chi connectivity index (χ0n) is 10.5. The normalized spacial score (nSPS) is 10.6. The summed E-state index contributed by atoms with van der Waals surface area (Å²) < 4.78 is 5.31. The Labute approximate surface area is 105 Å². The number of methoxy groups -OCH3 is 1. The molecule has 0 spiro atoms. The molecule has 0 saturated carbocycles. The molecule has 1 aromatic heterocycles. The smallest absolute Gasteiger partial charge is 0.253 e. The average molecular weight is 247 g/mol. The number of fused-ring (bicyclic) bond motifs is 1. The third-order valence-corrected chi connectivity index (χ3v) is 2.85. The van der Waals surface area contributed by atoms with Crippen molar-refractivity contribution < 1.29 is 9.53 Å². The molecule has 0 aliphatic rings. The molecule has 0 saturated heterocycles. The van der Waals surface area contributed by atoms with Crippen molar-refractivity contribution in [3.8, 4) is 5.75 Å². The fourth-order valence-corrected chi connectivity index (χ4v) is 2.07. The predicted molar refractivity (Wildman–Crippen MR) is 71.0 cm³/mol. The maximum Gasteiger partial charge on any atom is 0.253 e. The summed E-state index contributed by atoms with van der Waals surface area (Å²) in [5, 5.41) is 3.59. The summed E-state index contributed by atoms with van der Waals surface area (Å²) in [4.78, 5) is 15.3. The van der Waals surface area contributed by atoms with E-state index < -0.39 is 0 Å². The van der Waals surface area contributed by atoms with Crippen LogP contribution in [0.3, 0.4) is 0 Å². The van der Waals surface area contributed by atoms with Gasteiger partial charge in [-0.2, -0.15) is 0 Å². The molecule has 0 atom stereocenters. The van der Waals surface area contributed by atoms with E-state index >= 15 is 0 Å². The topological polar surface area (TPSA) is 80.1 Å². The van der Waals surface area contributed by atoms with Crippen LogP contribution in [0.2, 0.25) is 0 Å². The quantitative estimate of drug-likeness (QED) is 0.758. The average Bonchev–Trinajstić information content (AvgIpc) is 2.71. The van der Waals surface area contributed by atoms with Gasteiger partial charge >= 0.3 is 0 Å². The summed E-state index contributed by atoms with van der Waals surface area (Å²) in [5.41, 5.74) is 7.73. The van der Waals surface area contributed by atoms with Crippen LogP contribution in [0.15, 0.2) is 18.2 Å². The molecule has 4 N–H and O–H groups in total. The lowest BCUT2D eigenvalue weighted by atomic mass is 10.1. The van der Waals surface area contributed by atoms with Crippen molar-refractivity contribution in [2.24, 2.45) is 5.73 Å². The van der Waals surface area contributed by atoms with Crippen LogP contribution >= 0.6 is 0 Å². The van der Waals surface area contributed by atoms with E-state index in [-0.39, 0.29) is 5.91 Å². The molecule has 2 rings (SSSR count). The van der Waals surface area contributed by atoms with Crippen molar-refractivity contribution in [2.45, 2.75) is 6.92 Å². The lowest BCUT2D eigenvalue weighted by molar-refractivity contribution is 0.0955. The number of carbonyl (C=O) groups is 1. The lowest BCUT2D eigenvalue weighted by Crippen LogP contribution is -2.29. The van der Waals surface area contributed by atoms with Gasteiger partial charge in [0.15, 0.2) is 0 Å². The van der Waals surface area contributed by atoms with Gasteiger partial charge in [-0.15, -0.1) is 0 Å². The number of hydrogen-bond acceptors (Lipinski definition) is 3. The maximum atomic E-state index is 12.1. The number of nitrogens with one attached hydrogen (secondary N) is 2. The molecule has 1 aromatic carbocycles. The minimum atomic E-state index is -0.131. The van der Waals surface area contributed by atoms with Crippen LogP contribution in [0.25, 0.3) is 10.9 Å². The van der Waals surface area contributed by atoms with Gasteiger partial charge in [0.2, 0.25) is 0 Å². The molecule has 0 bridgehead atoms. The van der Waals surface area contributed by atoms with E-state index in [2.05, 4.69) is 10.3 Å². The fourth-order valence-electron chi connectivity index (χ4n) is 2.07. The number of aromatic nitrogens is 1. The van der Waals surface area contributed by atoms with E-state index in [4.69, 9.17) is 10.5 Å². The molecule has 18 heavy (non-hydrogen) atoms. The summed E-state index contributed by atoms with van der Waals surface area (Å²) in [6.07, 6.45) is 0. The van der Waals surface area contributed by atoms with E-state index in [1.165, 1.54) is 0 Å². The molecule has 0 radical (unpaired) electrons. The van der Waals surface area contributed by atoms with Gasteiger partial charge in [0.05, 0.1) is 23.6 Å². The first kappa shape index (κ1) is 12.4. The Bertz CT molecular complexity index is 575. The second-order valence-corrected chi connectivity index (χ2v) is 4.05. The van der Waals surface area contributed by atoms with E-state index in [0.717, 1.165) is 16.6 Å². The summed E-state index contributed by atoms with van der Waals surface area (Å²) in [6.45, 7) is 2.75. The van der Waals surface area contributed by atoms with E-state index in [0.29, 0.717) is 24.4 Å².